The molecule has 1 aromatic heterocycles. The van der Waals surface area contributed by atoms with Crippen LogP contribution in [0.1, 0.15) is 30.6 Å². The molecule has 162 valence electrons. The molecule has 0 aliphatic carbocycles. The fourth-order valence-electron chi connectivity index (χ4n) is 3.99. The number of nitrogens with one attached hydrogen (secondary N) is 1. The molecule has 2 atom stereocenters. The number of amides is 1. The van der Waals surface area contributed by atoms with E-state index in [0.29, 0.717) is 36.2 Å². The Labute approximate surface area is 187 Å². The van der Waals surface area contributed by atoms with Crippen molar-refractivity contribution in [2.24, 2.45) is 11.8 Å². The summed E-state index contributed by atoms with van der Waals surface area (Å²) in [6.07, 6.45) is 2.79. The molecule has 1 aliphatic heterocycles. The summed E-state index contributed by atoms with van der Waals surface area (Å²) in [6, 6.07) is 13.6. The topological polar surface area (TPSA) is 79.4 Å². The van der Waals surface area contributed by atoms with Crippen molar-refractivity contribution in [3.63, 3.8) is 0 Å². The molecule has 1 aliphatic rings. The molecule has 4 rings (SSSR count). The summed E-state index contributed by atoms with van der Waals surface area (Å²) >= 11 is 1.56. The van der Waals surface area contributed by atoms with Crippen LogP contribution in [0.15, 0.2) is 65.0 Å². The van der Waals surface area contributed by atoms with E-state index >= 15 is 0 Å². The molecule has 1 saturated heterocycles. The van der Waals surface area contributed by atoms with Gasteiger partial charge in [-0.1, -0.05) is 13.8 Å². The zero-order chi connectivity index (χ0) is 22.0. The van der Waals surface area contributed by atoms with Gasteiger partial charge in [0.25, 0.3) is 5.91 Å². The zero-order valence-electron chi connectivity index (χ0n) is 17.5. The predicted molar refractivity (Wildman–Crippen MR) is 124 cm³/mol. The molecule has 8 heteroatoms. The highest BCUT2D eigenvalue weighted by atomic mass is 32.2. The Hall–Kier alpha value is -2.55. The van der Waals surface area contributed by atoms with E-state index in [-0.39, 0.29) is 10.8 Å². The average molecular weight is 456 g/mol. The highest BCUT2D eigenvalue weighted by Crippen LogP contribution is 2.27. The third-order valence-electron chi connectivity index (χ3n) is 5.41. The lowest BCUT2D eigenvalue weighted by molar-refractivity contribution is 0.102. The second kappa shape index (κ2) is 8.90. The van der Waals surface area contributed by atoms with E-state index in [1.54, 1.807) is 34.0 Å². The van der Waals surface area contributed by atoms with Crippen LogP contribution >= 0.6 is 11.3 Å². The normalized spacial score (nSPS) is 19.8. The molecule has 0 spiro atoms. The second-order valence-electron chi connectivity index (χ2n) is 8.16. The molecule has 2 unspecified atom stereocenters. The van der Waals surface area contributed by atoms with E-state index in [2.05, 4.69) is 24.1 Å². The molecule has 0 radical (unpaired) electrons. The lowest BCUT2D eigenvalue weighted by Crippen LogP contribution is -2.42. The summed E-state index contributed by atoms with van der Waals surface area (Å²) in [5.74, 6) is 0.391. The van der Waals surface area contributed by atoms with Crippen LogP contribution in [0, 0.1) is 11.8 Å². The van der Waals surface area contributed by atoms with Crippen LogP contribution in [0.5, 0.6) is 0 Å². The summed E-state index contributed by atoms with van der Waals surface area (Å²) in [4.78, 5) is 17.1. The molecular formula is C23H25N3O3S2. The van der Waals surface area contributed by atoms with E-state index in [4.69, 9.17) is 0 Å². The van der Waals surface area contributed by atoms with Gasteiger partial charge in [0.15, 0.2) is 0 Å². The van der Waals surface area contributed by atoms with Gasteiger partial charge in [-0.3, -0.25) is 4.79 Å². The van der Waals surface area contributed by atoms with Gasteiger partial charge in [0.1, 0.15) is 5.01 Å². The minimum atomic E-state index is -3.56. The molecule has 1 fully saturated rings. The molecule has 0 bridgehead atoms. The molecule has 31 heavy (non-hydrogen) atoms. The van der Waals surface area contributed by atoms with Gasteiger partial charge >= 0.3 is 0 Å². The second-order valence-corrected chi connectivity index (χ2v) is 11.0. The van der Waals surface area contributed by atoms with Crippen LogP contribution in [-0.2, 0) is 10.0 Å². The Morgan fingerprint density at radius 2 is 1.68 bits per heavy atom. The van der Waals surface area contributed by atoms with E-state index in [1.807, 2.05) is 29.6 Å². The first-order valence-corrected chi connectivity index (χ1v) is 12.6. The van der Waals surface area contributed by atoms with Crippen molar-refractivity contribution in [2.75, 3.05) is 18.4 Å². The molecule has 0 saturated carbocycles. The maximum absolute atomic E-state index is 13.0. The highest BCUT2D eigenvalue weighted by Gasteiger charge is 2.31. The molecule has 3 aromatic rings. The van der Waals surface area contributed by atoms with Crippen molar-refractivity contribution < 1.29 is 13.2 Å². The number of thiazole rings is 1. The van der Waals surface area contributed by atoms with E-state index < -0.39 is 10.0 Å². The molecule has 2 heterocycles. The standard InChI is InChI=1S/C23H25N3O3S2/c1-16-13-17(2)15-26(14-16)31(28,29)21-9-5-18(6-10-21)22(27)25-20-7-3-19(4-8-20)23-24-11-12-30-23/h3-12,16-17H,13-15H2,1-2H3,(H,25,27). The summed E-state index contributed by atoms with van der Waals surface area (Å²) in [5.41, 5.74) is 2.06. The Bertz CT molecular complexity index is 1130. The minimum Gasteiger partial charge on any atom is -0.322 e. The van der Waals surface area contributed by atoms with Gasteiger partial charge in [0, 0.05) is 41.5 Å². The minimum absolute atomic E-state index is 0.221. The first-order valence-electron chi connectivity index (χ1n) is 10.2. The Balaban J connectivity index is 1.44. The smallest absolute Gasteiger partial charge is 0.255 e. The van der Waals surface area contributed by atoms with E-state index in [9.17, 15) is 13.2 Å². The van der Waals surface area contributed by atoms with Crippen LogP contribution in [0.4, 0.5) is 5.69 Å². The summed E-state index contributed by atoms with van der Waals surface area (Å²) in [7, 11) is -3.56. The number of piperidine rings is 1. The van der Waals surface area contributed by atoms with Crippen LogP contribution in [0.3, 0.4) is 0 Å². The monoisotopic (exact) mass is 455 g/mol. The summed E-state index contributed by atoms with van der Waals surface area (Å²) in [5, 5.41) is 5.69. The number of carbonyl (C=O) groups excluding carboxylic acids is 1. The Kier molecular flexibility index (Phi) is 6.22. The summed E-state index contributed by atoms with van der Waals surface area (Å²) < 4.78 is 27.6. The first-order chi connectivity index (χ1) is 14.8. The quantitative estimate of drug-likeness (QED) is 0.603. The average Bonchev–Trinajstić information content (AvgIpc) is 3.28. The number of benzene rings is 2. The fraction of sp³-hybridized carbons (Fsp3) is 0.304. The van der Waals surface area contributed by atoms with Crippen molar-refractivity contribution in [1.82, 2.24) is 9.29 Å². The van der Waals surface area contributed by atoms with Crippen molar-refractivity contribution in [2.45, 2.75) is 25.2 Å². The van der Waals surface area contributed by atoms with E-state index in [1.165, 1.54) is 12.1 Å². The van der Waals surface area contributed by atoms with Gasteiger partial charge in [-0.15, -0.1) is 11.3 Å². The first kappa shape index (κ1) is 21.7. The summed E-state index contributed by atoms with van der Waals surface area (Å²) in [6.45, 7) is 5.22. The van der Waals surface area contributed by atoms with Crippen molar-refractivity contribution >= 4 is 33.0 Å². The SMILES string of the molecule is CC1CC(C)CN(S(=O)(=O)c2ccc(C(=O)Nc3ccc(-c4nccs4)cc3)cc2)C1. The number of sulfonamides is 1. The van der Waals surface area contributed by atoms with Crippen LogP contribution < -0.4 is 5.32 Å². The Morgan fingerprint density at radius 3 is 2.26 bits per heavy atom. The number of nitrogens with zero attached hydrogens (tertiary/aromatic N) is 2. The molecule has 6 nitrogen and oxygen atoms in total. The van der Waals surface area contributed by atoms with Crippen molar-refractivity contribution in [3.05, 3.63) is 65.7 Å². The number of carbonyl (C=O) groups is 1. The number of hydrogen-bond donors (Lipinski definition) is 1. The lowest BCUT2D eigenvalue weighted by Gasteiger charge is -2.34. The third kappa shape index (κ3) is 4.87. The van der Waals surface area contributed by atoms with Gasteiger partial charge in [0.2, 0.25) is 10.0 Å². The van der Waals surface area contributed by atoms with Crippen LogP contribution in [0.25, 0.3) is 10.6 Å². The fourth-order valence-corrected chi connectivity index (χ4v) is 6.32. The number of hydrogen-bond acceptors (Lipinski definition) is 5. The van der Waals surface area contributed by atoms with Gasteiger partial charge in [-0.05, 0) is 66.8 Å². The van der Waals surface area contributed by atoms with Gasteiger partial charge in [0.05, 0.1) is 4.90 Å². The van der Waals surface area contributed by atoms with Gasteiger partial charge in [-0.2, -0.15) is 4.31 Å². The third-order valence-corrected chi connectivity index (χ3v) is 8.08. The van der Waals surface area contributed by atoms with Crippen LogP contribution in [-0.4, -0.2) is 36.7 Å². The molecule has 1 N–H and O–H groups in total. The lowest BCUT2D eigenvalue weighted by atomic mass is 9.94. The zero-order valence-corrected chi connectivity index (χ0v) is 19.1. The maximum Gasteiger partial charge on any atom is 0.255 e. The molecule has 2 aromatic carbocycles. The maximum atomic E-state index is 13.0. The van der Waals surface area contributed by atoms with Crippen molar-refractivity contribution in [1.29, 1.82) is 0 Å². The highest BCUT2D eigenvalue weighted by molar-refractivity contribution is 7.89. The van der Waals surface area contributed by atoms with Gasteiger partial charge in [-0.25, -0.2) is 13.4 Å². The number of rotatable bonds is 5. The van der Waals surface area contributed by atoms with E-state index in [0.717, 1.165) is 17.0 Å². The van der Waals surface area contributed by atoms with Crippen LogP contribution in [0.2, 0.25) is 0 Å². The van der Waals surface area contributed by atoms with Crippen molar-refractivity contribution in [3.8, 4) is 10.6 Å². The Morgan fingerprint density at radius 1 is 1.03 bits per heavy atom. The van der Waals surface area contributed by atoms with Gasteiger partial charge < -0.3 is 5.32 Å². The number of anilines is 1. The molecular weight excluding hydrogens is 430 g/mol. The molecule has 1 amide bonds. The number of aromatic nitrogens is 1. The largest absolute Gasteiger partial charge is 0.322 e. The predicted octanol–water partition coefficient (Wildman–Crippen LogP) is 4.73.